The van der Waals surface area contributed by atoms with Gasteiger partial charge >= 0.3 is 0 Å². The van der Waals surface area contributed by atoms with Gasteiger partial charge in [0.25, 0.3) is 0 Å². The Kier molecular flexibility index (Phi) is 4.40. The normalized spacial score (nSPS) is 10.7. The summed E-state index contributed by atoms with van der Waals surface area (Å²) in [5.74, 6) is 1.52. The molecule has 0 radical (unpaired) electrons. The molecule has 0 amide bonds. The van der Waals surface area contributed by atoms with Gasteiger partial charge in [0.15, 0.2) is 0 Å². The molecule has 1 aromatic heterocycles. The fraction of sp³-hybridized carbons (Fsp3) is 0.353. The Morgan fingerprint density at radius 3 is 2.45 bits per heavy atom. The molecule has 106 valence electrons. The first-order chi connectivity index (χ1) is 9.55. The van der Waals surface area contributed by atoms with E-state index in [2.05, 4.69) is 44.8 Å². The summed E-state index contributed by atoms with van der Waals surface area (Å²) in [4.78, 5) is 4.53. The van der Waals surface area contributed by atoms with E-state index in [-0.39, 0.29) is 0 Å². The zero-order valence-electron chi connectivity index (χ0n) is 12.7. The second-order valence-electron chi connectivity index (χ2n) is 5.12. The van der Waals surface area contributed by atoms with Gasteiger partial charge in [-0.05, 0) is 55.5 Å². The van der Waals surface area contributed by atoms with Crippen molar-refractivity contribution in [2.45, 2.75) is 40.7 Å². The van der Waals surface area contributed by atoms with Crippen molar-refractivity contribution in [1.82, 2.24) is 4.98 Å². The van der Waals surface area contributed by atoms with Crippen LogP contribution in [0.2, 0.25) is 0 Å². The Morgan fingerprint density at radius 1 is 1.10 bits per heavy atom. The van der Waals surface area contributed by atoms with Crippen LogP contribution in [0, 0.1) is 20.8 Å². The zero-order valence-corrected chi connectivity index (χ0v) is 12.7. The summed E-state index contributed by atoms with van der Waals surface area (Å²) in [6.45, 7) is 8.79. The molecule has 0 saturated heterocycles. The number of hydrogen-bond acceptors (Lipinski definition) is 3. The smallest absolute Gasteiger partial charge is 0.219 e. The predicted molar refractivity (Wildman–Crippen MR) is 82.2 cm³/mol. The van der Waals surface area contributed by atoms with Gasteiger partial charge in [-0.1, -0.05) is 19.1 Å². The molecule has 20 heavy (non-hydrogen) atoms. The average molecular weight is 270 g/mol. The molecular weight excluding hydrogens is 248 g/mol. The zero-order chi connectivity index (χ0) is 14.7. The van der Waals surface area contributed by atoms with E-state index in [1.54, 1.807) is 0 Å². The van der Waals surface area contributed by atoms with Crippen molar-refractivity contribution in [2.24, 2.45) is 5.73 Å². The van der Waals surface area contributed by atoms with Crippen LogP contribution in [-0.4, -0.2) is 4.98 Å². The number of nitrogens with zero attached hydrogens (tertiary/aromatic N) is 1. The van der Waals surface area contributed by atoms with Gasteiger partial charge in [-0.3, -0.25) is 0 Å². The van der Waals surface area contributed by atoms with Gasteiger partial charge in [-0.15, -0.1) is 0 Å². The fourth-order valence-corrected chi connectivity index (χ4v) is 2.16. The van der Waals surface area contributed by atoms with Gasteiger partial charge in [0.1, 0.15) is 5.75 Å². The lowest BCUT2D eigenvalue weighted by Gasteiger charge is -2.14. The number of hydrogen-bond donors (Lipinski definition) is 1. The summed E-state index contributed by atoms with van der Waals surface area (Å²) < 4.78 is 6.04. The number of aromatic nitrogens is 1. The first-order valence-electron chi connectivity index (χ1n) is 6.99. The summed E-state index contributed by atoms with van der Waals surface area (Å²) in [5.41, 5.74) is 11.3. The van der Waals surface area contributed by atoms with Gasteiger partial charge in [-0.2, -0.15) is 0 Å². The third-order valence-electron chi connectivity index (χ3n) is 3.59. The van der Waals surface area contributed by atoms with Crippen molar-refractivity contribution >= 4 is 0 Å². The van der Waals surface area contributed by atoms with Crippen LogP contribution in [0.1, 0.15) is 34.9 Å². The maximum Gasteiger partial charge on any atom is 0.219 e. The van der Waals surface area contributed by atoms with Crippen LogP contribution < -0.4 is 10.5 Å². The van der Waals surface area contributed by atoms with Gasteiger partial charge in [0.05, 0.1) is 0 Å². The van der Waals surface area contributed by atoms with Gasteiger partial charge < -0.3 is 10.5 Å². The Morgan fingerprint density at radius 2 is 1.80 bits per heavy atom. The number of rotatable bonds is 4. The number of aryl methyl sites for hydroxylation is 3. The van der Waals surface area contributed by atoms with E-state index in [1.165, 1.54) is 5.56 Å². The summed E-state index contributed by atoms with van der Waals surface area (Å²) >= 11 is 0. The molecule has 2 N–H and O–H groups in total. The minimum atomic E-state index is 0.498. The van der Waals surface area contributed by atoms with Crippen LogP contribution in [0.15, 0.2) is 24.3 Å². The number of nitrogens with two attached hydrogens (primary N) is 1. The molecule has 0 bridgehead atoms. The maximum atomic E-state index is 6.04. The van der Waals surface area contributed by atoms with Gasteiger partial charge in [0.2, 0.25) is 5.88 Å². The second kappa shape index (κ2) is 6.06. The van der Waals surface area contributed by atoms with Crippen LogP contribution in [0.4, 0.5) is 0 Å². The topological polar surface area (TPSA) is 48.1 Å². The summed E-state index contributed by atoms with van der Waals surface area (Å²) in [6, 6.07) is 8.13. The number of pyridine rings is 1. The van der Waals surface area contributed by atoms with E-state index >= 15 is 0 Å². The van der Waals surface area contributed by atoms with Crippen LogP contribution >= 0.6 is 0 Å². The Hall–Kier alpha value is -1.87. The Balaban J connectivity index is 2.42. The van der Waals surface area contributed by atoms with Crippen LogP contribution in [-0.2, 0) is 13.0 Å². The average Bonchev–Trinajstić information content (AvgIpc) is 2.47. The van der Waals surface area contributed by atoms with Crippen molar-refractivity contribution in [3.05, 3.63) is 52.2 Å². The summed E-state index contributed by atoms with van der Waals surface area (Å²) in [5, 5.41) is 0. The van der Waals surface area contributed by atoms with Crippen molar-refractivity contribution in [1.29, 1.82) is 0 Å². The summed E-state index contributed by atoms with van der Waals surface area (Å²) in [7, 11) is 0. The second-order valence-corrected chi connectivity index (χ2v) is 5.12. The third-order valence-corrected chi connectivity index (χ3v) is 3.59. The third kappa shape index (κ3) is 2.99. The van der Waals surface area contributed by atoms with E-state index in [0.717, 1.165) is 34.6 Å². The molecule has 1 aromatic carbocycles. The summed E-state index contributed by atoms with van der Waals surface area (Å²) in [6.07, 6.45) is 0.871. The van der Waals surface area contributed by atoms with E-state index in [9.17, 15) is 0 Å². The number of benzene rings is 1. The number of ether oxygens (including phenoxy) is 1. The molecular formula is C17H22N2O. The monoisotopic (exact) mass is 270 g/mol. The standard InChI is InChI=1S/C17H22N2O/c1-5-15-8-14(10-18)9-16(19-15)20-17-12(3)7-6-11(2)13(17)4/h6-9H,5,10,18H2,1-4H3. The largest absolute Gasteiger partial charge is 0.438 e. The molecule has 2 aromatic rings. The first kappa shape index (κ1) is 14.5. The van der Waals surface area contributed by atoms with Crippen LogP contribution in [0.25, 0.3) is 0 Å². The Labute approximate surface area is 120 Å². The SMILES string of the molecule is CCc1cc(CN)cc(Oc2c(C)ccc(C)c2C)n1. The van der Waals surface area contributed by atoms with Crippen molar-refractivity contribution in [2.75, 3.05) is 0 Å². The molecule has 0 saturated carbocycles. The molecule has 0 aliphatic carbocycles. The van der Waals surface area contributed by atoms with Gasteiger partial charge in [-0.25, -0.2) is 4.98 Å². The lowest BCUT2D eigenvalue weighted by atomic mass is 10.1. The fourth-order valence-electron chi connectivity index (χ4n) is 2.16. The van der Waals surface area contributed by atoms with E-state index in [4.69, 9.17) is 10.5 Å². The van der Waals surface area contributed by atoms with Crippen LogP contribution in [0.5, 0.6) is 11.6 Å². The molecule has 3 heteroatoms. The lowest BCUT2D eigenvalue weighted by Crippen LogP contribution is -2.02. The molecule has 2 rings (SSSR count). The molecule has 0 unspecified atom stereocenters. The highest BCUT2D eigenvalue weighted by Gasteiger charge is 2.10. The lowest BCUT2D eigenvalue weighted by molar-refractivity contribution is 0.453. The van der Waals surface area contributed by atoms with Gasteiger partial charge in [0, 0.05) is 18.3 Å². The van der Waals surface area contributed by atoms with Crippen molar-refractivity contribution < 1.29 is 4.74 Å². The van der Waals surface area contributed by atoms with E-state index < -0.39 is 0 Å². The molecule has 0 aliphatic rings. The molecule has 1 heterocycles. The predicted octanol–water partition coefficient (Wildman–Crippen LogP) is 3.82. The Bertz CT molecular complexity index is 598. The van der Waals surface area contributed by atoms with E-state index in [1.807, 2.05) is 12.1 Å². The molecule has 0 spiro atoms. The minimum Gasteiger partial charge on any atom is -0.438 e. The van der Waals surface area contributed by atoms with Crippen molar-refractivity contribution in [3.63, 3.8) is 0 Å². The van der Waals surface area contributed by atoms with Crippen molar-refractivity contribution in [3.8, 4) is 11.6 Å². The quantitative estimate of drug-likeness (QED) is 0.918. The highest BCUT2D eigenvalue weighted by molar-refractivity contribution is 5.46. The highest BCUT2D eigenvalue weighted by atomic mass is 16.5. The highest BCUT2D eigenvalue weighted by Crippen LogP contribution is 2.30. The first-order valence-corrected chi connectivity index (χ1v) is 6.99. The minimum absolute atomic E-state index is 0.498. The van der Waals surface area contributed by atoms with E-state index in [0.29, 0.717) is 12.4 Å². The molecule has 0 atom stereocenters. The molecule has 0 aliphatic heterocycles. The molecule has 3 nitrogen and oxygen atoms in total. The maximum absolute atomic E-state index is 6.04. The molecule has 0 fully saturated rings. The van der Waals surface area contributed by atoms with Crippen LogP contribution in [0.3, 0.4) is 0 Å².